The topological polar surface area (TPSA) is 32.8 Å². The largest absolute Gasteiger partial charge is 0.469 e. The third-order valence-corrected chi connectivity index (χ3v) is 3.49. The third-order valence-electron chi connectivity index (χ3n) is 3.49. The SMILES string of the molecule is COC(=O)C(C)(C)CN1CCN(C(C)C)CC1. The van der Waals surface area contributed by atoms with Crippen molar-refractivity contribution in [2.24, 2.45) is 5.41 Å². The minimum Gasteiger partial charge on any atom is -0.469 e. The van der Waals surface area contributed by atoms with Crippen LogP contribution in [0.3, 0.4) is 0 Å². The van der Waals surface area contributed by atoms with Gasteiger partial charge in [-0.3, -0.25) is 14.6 Å². The number of carbonyl (C=O) groups excluding carboxylic acids is 1. The van der Waals surface area contributed by atoms with Crippen LogP contribution in [0, 0.1) is 5.41 Å². The third kappa shape index (κ3) is 3.96. The molecule has 0 aromatic heterocycles. The molecule has 0 bridgehead atoms. The molecule has 0 N–H and O–H groups in total. The Morgan fingerprint density at radius 2 is 1.76 bits per heavy atom. The number of hydrogen-bond donors (Lipinski definition) is 0. The molecule has 0 saturated carbocycles. The summed E-state index contributed by atoms with van der Waals surface area (Å²) in [4.78, 5) is 16.5. The van der Waals surface area contributed by atoms with Gasteiger partial charge in [-0.1, -0.05) is 0 Å². The smallest absolute Gasteiger partial charge is 0.312 e. The zero-order chi connectivity index (χ0) is 13.1. The summed E-state index contributed by atoms with van der Waals surface area (Å²) in [5.74, 6) is -0.121. The van der Waals surface area contributed by atoms with Crippen molar-refractivity contribution in [2.45, 2.75) is 33.7 Å². The molecule has 17 heavy (non-hydrogen) atoms. The molecular formula is C13H26N2O2. The fourth-order valence-corrected chi connectivity index (χ4v) is 2.34. The Hall–Kier alpha value is -0.610. The minimum atomic E-state index is -0.408. The summed E-state index contributed by atoms with van der Waals surface area (Å²) < 4.78 is 4.84. The molecule has 0 radical (unpaired) electrons. The van der Waals surface area contributed by atoms with Gasteiger partial charge in [0.25, 0.3) is 0 Å². The fourth-order valence-electron chi connectivity index (χ4n) is 2.34. The summed E-state index contributed by atoms with van der Waals surface area (Å²) in [7, 11) is 1.46. The van der Waals surface area contributed by atoms with Crippen molar-refractivity contribution in [3.63, 3.8) is 0 Å². The maximum absolute atomic E-state index is 11.6. The number of methoxy groups -OCH3 is 1. The summed E-state index contributed by atoms with van der Waals surface area (Å²) >= 11 is 0. The standard InChI is InChI=1S/C13H26N2O2/c1-11(2)15-8-6-14(7-9-15)10-13(3,4)12(16)17-5/h11H,6-10H2,1-5H3. The molecule has 0 aliphatic carbocycles. The van der Waals surface area contributed by atoms with Crippen molar-refractivity contribution in [2.75, 3.05) is 39.8 Å². The average Bonchev–Trinajstić information content (AvgIpc) is 2.28. The van der Waals surface area contributed by atoms with Crippen LogP contribution < -0.4 is 0 Å². The average molecular weight is 242 g/mol. The number of hydrogen-bond acceptors (Lipinski definition) is 4. The van der Waals surface area contributed by atoms with Gasteiger partial charge in [0.05, 0.1) is 12.5 Å². The predicted molar refractivity (Wildman–Crippen MR) is 68.9 cm³/mol. The minimum absolute atomic E-state index is 0.121. The van der Waals surface area contributed by atoms with E-state index in [0.717, 1.165) is 32.7 Å². The number of nitrogens with zero attached hydrogens (tertiary/aromatic N) is 2. The van der Waals surface area contributed by atoms with E-state index in [2.05, 4.69) is 23.6 Å². The van der Waals surface area contributed by atoms with Crippen LogP contribution in [0.1, 0.15) is 27.7 Å². The normalized spacial score (nSPS) is 19.6. The monoisotopic (exact) mass is 242 g/mol. The Morgan fingerprint density at radius 1 is 1.24 bits per heavy atom. The van der Waals surface area contributed by atoms with Crippen molar-refractivity contribution in [1.82, 2.24) is 9.80 Å². The van der Waals surface area contributed by atoms with Gasteiger partial charge in [-0.2, -0.15) is 0 Å². The molecule has 100 valence electrons. The molecule has 4 heteroatoms. The van der Waals surface area contributed by atoms with Gasteiger partial charge in [0.2, 0.25) is 0 Å². The summed E-state index contributed by atoms with van der Waals surface area (Å²) in [6.45, 7) is 13.4. The lowest BCUT2D eigenvalue weighted by Crippen LogP contribution is -2.52. The second kappa shape index (κ2) is 5.83. The summed E-state index contributed by atoms with van der Waals surface area (Å²) in [6, 6.07) is 0.616. The summed E-state index contributed by atoms with van der Waals surface area (Å²) in [5, 5.41) is 0. The molecule has 0 atom stereocenters. The predicted octanol–water partition coefficient (Wildman–Crippen LogP) is 1.21. The van der Waals surface area contributed by atoms with Gasteiger partial charge in [0.15, 0.2) is 0 Å². The van der Waals surface area contributed by atoms with Gasteiger partial charge in [0.1, 0.15) is 0 Å². The number of rotatable bonds is 4. The first-order valence-electron chi connectivity index (χ1n) is 6.41. The van der Waals surface area contributed by atoms with Gasteiger partial charge < -0.3 is 4.74 Å². The molecule has 0 spiro atoms. The molecule has 1 fully saturated rings. The molecule has 1 rings (SSSR count). The zero-order valence-corrected chi connectivity index (χ0v) is 11.8. The summed E-state index contributed by atoms with van der Waals surface area (Å²) in [6.07, 6.45) is 0. The number of ether oxygens (including phenoxy) is 1. The molecule has 1 aliphatic heterocycles. The first-order chi connectivity index (χ1) is 7.86. The molecule has 1 saturated heterocycles. The highest BCUT2D eigenvalue weighted by atomic mass is 16.5. The molecular weight excluding hydrogens is 216 g/mol. The van der Waals surface area contributed by atoms with Crippen molar-refractivity contribution < 1.29 is 9.53 Å². The quantitative estimate of drug-likeness (QED) is 0.694. The van der Waals surface area contributed by atoms with E-state index in [1.807, 2.05) is 13.8 Å². The maximum atomic E-state index is 11.6. The van der Waals surface area contributed by atoms with Gasteiger partial charge in [-0.05, 0) is 27.7 Å². The van der Waals surface area contributed by atoms with E-state index in [9.17, 15) is 4.79 Å². The molecule has 0 amide bonds. The lowest BCUT2D eigenvalue weighted by Gasteiger charge is -2.39. The van der Waals surface area contributed by atoms with Crippen LogP contribution >= 0.6 is 0 Å². The van der Waals surface area contributed by atoms with Crippen molar-refractivity contribution in [3.8, 4) is 0 Å². The second-order valence-corrected chi connectivity index (χ2v) is 5.78. The molecule has 0 unspecified atom stereocenters. The van der Waals surface area contributed by atoms with E-state index >= 15 is 0 Å². The van der Waals surface area contributed by atoms with E-state index in [1.54, 1.807) is 0 Å². The van der Waals surface area contributed by atoms with Crippen molar-refractivity contribution >= 4 is 5.97 Å². The van der Waals surface area contributed by atoms with Crippen LogP contribution in [0.25, 0.3) is 0 Å². The zero-order valence-electron chi connectivity index (χ0n) is 11.8. The Labute approximate surface area is 105 Å². The van der Waals surface area contributed by atoms with Crippen LogP contribution in [-0.4, -0.2) is 61.6 Å². The van der Waals surface area contributed by atoms with Crippen molar-refractivity contribution in [3.05, 3.63) is 0 Å². The van der Waals surface area contributed by atoms with Crippen LogP contribution in [0.2, 0.25) is 0 Å². The van der Waals surface area contributed by atoms with Crippen LogP contribution in [0.15, 0.2) is 0 Å². The van der Waals surface area contributed by atoms with E-state index in [0.29, 0.717) is 6.04 Å². The number of piperazine rings is 1. The molecule has 1 aliphatic rings. The fraction of sp³-hybridized carbons (Fsp3) is 0.923. The van der Waals surface area contributed by atoms with Crippen LogP contribution in [-0.2, 0) is 9.53 Å². The number of carbonyl (C=O) groups is 1. The Kier molecular flexibility index (Phi) is 4.95. The Morgan fingerprint density at radius 3 is 2.18 bits per heavy atom. The van der Waals surface area contributed by atoms with Crippen LogP contribution in [0.5, 0.6) is 0 Å². The Bertz CT molecular complexity index is 256. The van der Waals surface area contributed by atoms with E-state index < -0.39 is 5.41 Å². The summed E-state index contributed by atoms with van der Waals surface area (Å²) in [5.41, 5.74) is -0.408. The van der Waals surface area contributed by atoms with Crippen LogP contribution in [0.4, 0.5) is 0 Å². The van der Waals surface area contributed by atoms with Gasteiger partial charge in [0, 0.05) is 38.8 Å². The lowest BCUT2D eigenvalue weighted by molar-refractivity contribution is -0.152. The van der Waals surface area contributed by atoms with E-state index in [-0.39, 0.29) is 5.97 Å². The van der Waals surface area contributed by atoms with Crippen molar-refractivity contribution in [1.29, 1.82) is 0 Å². The molecule has 4 nitrogen and oxygen atoms in total. The van der Waals surface area contributed by atoms with Gasteiger partial charge in [-0.25, -0.2) is 0 Å². The highest BCUT2D eigenvalue weighted by Crippen LogP contribution is 2.20. The Balaban J connectivity index is 2.42. The van der Waals surface area contributed by atoms with E-state index in [1.165, 1.54) is 7.11 Å². The number of esters is 1. The van der Waals surface area contributed by atoms with E-state index in [4.69, 9.17) is 4.74 Å². The molecule has 0 aromatic carbocycles. The molecule has 0 aromatic rings. The van der Waals surface area contributed by atoms with Gasteiger partial charge in [-0.15, -0.1) is 0 Å². The maximum Gasteiger partial charge on any atom is 0.312 e. The second-order valence-electron chi connectivity index (χ2n) is 5.78. The molecule has 1 heterocycles. The lowest BCUT2D eigenvalue weighted by atomic mass is 9.92. The highest BCUT2D eigenvalue weighted by Gasteiger charge is 2.32. The van der Waals surface area contributed by atoms with Gasteiger partial charge >= 0.3 is 5.97 Å². The highest BCUT2D eigenvalue weighted by molar-refractivity contribution is 5.76. The first-order valence-corrected chi connectivity index (χ1v) is 6.41. The first kappa shape index (κ1) is 14.5.